The molecule has 0 nitrogen and oxygen atoms in total. The highest BCUT2D eigenvalue weighted by Gasteiger charge is 2.21. The zero-order chi connectivity index (χ0) is 9.35. The summed E-state index contributed by atoms with van der Waals surface area (Å²) in [5, 5.41) is 0.892. The van der Waals surface area contributed by atoms with E-state index in [-0.39, 0.29) is 0 Å². The fourth-order valence-corrected chi connectivity index (χ4v) is 1.60. The Kier molecular flexibility index (Phi) is 2.64. The van der Waals surface area contributed by atoms with E-state index in [0.29, 0.717) is 15.6 Å². The Morgan fingerprint density at radius 2 is 1.83 bits per heavy atom. The Morgan fingerprint density at radius 3 is 2.25 bits per heavy atom. The van der Waals surface area contributed by atoms with Gasteiger partial charge in [-0.25, -0.2) is 4.39 Å². The number of hydrogen-bond acceptors (Lipinski definition) is 0. The maximum Gasteiger partial charge on any atom is 0.131 e. The van der Waals surface area contributed by atoms with Gasteiger partial charge in [0.05, 0.1) is 0 Å². The molecule has 0 fully saturated rings. The van der Waals surface area contributed by atoms with Crippen LogP contribution in [0.3, 0.4) is 0 Å². The van der Waals surface area contributed by atoms with E-state index in [4.69, 9.17) is 23.2 Å². The molecule has 0 bridgehead atoms. The highest BCUT2D eigenvalue weighted by molar-refractivity contribution is 6.35. The fraction of sp³-hybridized carbons (Fsp3) is 0.333. The van der Waals surface area contributed by atoms with Crippen molar-refractivity contribution in [2.24, 2.45) is 0 Å². The summed E-state index contributed by atoms with van der Waals surface area (Å²) in [5.41, 5.74) is -0.949. The van der Waals surface area contributed by atoms with Crippen LogP contribution in [0.4, 0.5) is 4.39 Å². The molecule has 0 radical (unpaired) electrons. The second-order valence-corrected chi connectivity index (χ2v) is 3.94. The predicted octanol–water partition coefficient (Wildman–Crippen LogP) is 4.20. The van der Waals surface area contributed by atoms with Gasteiger partial charge in [-0.2, -0.15) is 0 Å². The molecule has 0 aliphatic carbocycles. The van der Waals surface area contributed by atoms with Crippen molar-refractivity contribution in [2.45, 2.75) is 19.5 Å². The maximum atomic E-state index is 13.4. The first-order valence-electron chi connectivity index (χ1n) is 3.55. The highest BCUT2D eigenvalue weighted by atomic mass is 35.5. The molecule has 0 heterocycles. The molecule has 0 unspecified atom stereocenters. The first-order chi connectivity index (χ1) is 5.41. The van der Waals surface area contributed by atoms with Crippen LogP contribution in [0.5, 0.6) is 0 Å². The van der Waals surface area contributed by atoms with Crippen molar-refractivity contribution in [3.63, 3.8) is 0 Å². The molecule has 0 spiro atoms. The molecule has 1 aromatic rings. The van der Waals surface area contributed by atoms with Gasteiger partial charge in [-0.1, -0.05) is 29.3 Å². The van der Waals surface area contributed by atoms with Crippen LogP contribution < -0.4 is 0 Å². The molecule has 0 saturated heterocycles. The Morgan fingerprint density at radius 1 is 1.25 bits per heavy atom. The highest BCUT2D eigenvalue weighted by Crippen LogP contribution is 2.32. The summed E-state index contributed by atoms with van der Waals surface area (Å²) in [7, 11) is 0. The average molecular weight is 207 g/mol. The zero-order valence-corrected chi connectivity index (χ0v) is 8.38. The SMILES string of the molecule is CC(C)(F)c1ccc(Cl)cc1Cl. The van der Waals surface area contributed by atoms with Gasteiger partial charge >= 0.3 is 0 Å². The first-order valence-corrected chi connectivity index (χ1v) is 4.31. The zero-order valence-electron chi connectivity index (χ0n) is 6.87. The molecule has 0 amide bonds. The van der Waals surface area contributed by atoms with Gasteiger partial charge in [0, 0.05) is 15.6 Å². The van der Waals surface area contributed by atoms with Crippen molar-refractivity contribution in [2.75, 3.05) is 0 Å². The molecule has 0 aliphatic rings. The van der Waals surface area contributed by atoms with Crippen LogP contribution in [-0.4, -0.2) is 0 Å². The Balaban J connectivity index is 3.19. The Hall–Kier alpha value is -0.270. The van der Waals surface area contributed by atoms with E-state index >= 15 is 0 Å². The predicted molar refractivity (Wildman–Crippen MR) is 50.6 cm³/mol. The van der Waals surface area contributed by atoms with Crippen molar-refractivity contribution >= 4 is 23.2 Å². The summed E-state index contributed by atoms with van der Waals surface area (Å²) in [6.07, 6.45) is 0. The van der Waals surface area contributed by atoms with Crippen LogP contribution in [-0.2, 0) is 5.67 Å². The first kappa shape index (κ1) is 9.82. The van der Waals surface area contributed by atoms with Crippen LogP contribution in [0, 0.1) is 0 Å². The molecule has 0 saturated carbocycles. The quantitative estimate of drug-likeness (QED) is 0.647. The summed E-state index contributed by atoms with van der Waals surface area (Å²) in [4.78, 5) is 0. The fourth-order valence-electron chi connectivity index (χ4n) is 0.972. The van der Waals surface area contributed by atoms with Crippen LogP contribution in [0.2, 0.25) is 10.0 Å². The third-order valence-electron chi connectivity index (χ3n) is 1.57. The molecule has 0 N–H and O–H groups in total. The minimum Gasteiger partial charge on any atom is -0.239 e. The van der Waals surface area contributed by atoms with E-state index in [2.05, 4.69) is 0 Å². The van der Waals surface area contributed by atoms with E-state index in [1.54, 1.807) is 18.2 Å². The maximum absolute atomic E-state index is 13.4. The smallest absolute Gasteiger partial charge is 0.131 e. The molecule has 0 aromatic heterocycles. The van der Waals surface area contributed by atoms with Gasteiger partial charge in [0.1, 0.15) is 5.67 Å². The molecule has 0 atom stereocenters. The number of hydrogen-bond donors (Lipinski definition) is 0. The third kappa shape index (κ3) is 2.11. The molecular weight excluding hydrogens is 198 g/mol. The number of halogens is 3. The molecule has 66 valence electrons. The summed E-state index contributed by atoms with van der Waals surface area (Å²) in [6.45, 7) is 2.92. The standard InChI is InChI=1S/C9H9Cl2F/c1-9(2,12)7-4-3-6(10)5-8(7)11/h3-5H,1-2H3. The van der Waals surface area contributed by atoms with Crippen molar-refractivity contribution in [3.05, 3.63) is 33.8 Å². The van der Waals surface area contributed by atoms with E-state index in [9.17, 15) is 4.39 Å². The molecule has 1 aromatic carbocycles. The van der Waals surface area contributed by atoms with Gasteiger partial charge in [-0.3, -0.25) is 0 Å². The van der Waals surface area contributed by atoms with Crippen LogP contribution >= 0.6 is 23.2 Å². The Labute approximate surface area is 81.3 Å². The van der Waals surface area contributed by atoms with E-state index < -0.39 is 5.67 Å². The van der Waals surface area contributed by atoms with Crippen molar-refractivity contribution in [3.8, 4) is 0 Å². The molecule has 3 heteroatoms. The summed E-state index contributed by atoms with van der Waals surface area (Å²) in [5.74, 6) is 0. The number of rotatable bonds is 1. The molecule has 0 aliphatic heterocycles. The van der Waals surface area contributed by atoms with Crippen LogP contribution in [0.15, 0.2) is 18.2 Å². The van der Waals surface area contributed by atoms with Crippen molar-refractivity contribution in [1.29, 1.82) is 0 Å². The second kappa shape index (κ2) is 3.23. The topological polar surface area (TPSA) is 0 Å². The van der Waals surface area contributed by atoms with Gasteiger partial charge < -0.3 is 0 Å². The largest absolute Gasteiger partial charge is 0.239 e. The van der Waals surface area contributed by atoms with Crippen LogP contribution in [0.25, 0.3) is 0 Å². The monoisotopic (exact) mass is 206 g/mol. The second-order valence-electron chi connectivity index (χ2n) is 3.10. The number of alkyl halides is 1. The Bertz CT molecular complexity index is 289. The minimum absolute atomic E-state index is 0.370. The number of benzene rings is 1. The lowest BCUT2D eigenvalue weighted by atomic mass is 10.0. The van der Waals surface area contributed by atoms with Gasteiger partial charge in [0.2, 0.25) is 0 Å². The van der Waals surface area contributed by atoms with E-state index in [1.165, 1.54) is 13.8 Å². The van der Waals surface area contributed by atoms with Gasteiger partial charge in [0.15, 0.2) is 0 Å². The third-order valence-corrected chi connectivity index (χ3v) is 2.12. The lowest BCUT2D eigenvalue weighted by Crippen LogP contribution is -2.09. The van der Waals surface area contributed by atoms with Gasteiger partial charge in [-0.15, -0.1) is 0 Å². The van der Waals surface area contributed by atoms with Crippen LogP contribution in [0.1, 0.15) is 19.4 Å². The van der Waals surface area contributed by atoms with E-state index in [1.807, 2.05) is 0 Å². The molecule has 12 heavy (non-hydrogen) atoms. The summed E-state index contributed by atoms with van der Waals surface area (Å²) < 4.78 is 13.4. The molecule has 1 rings (SSSR count). The summed E-state index contributed by atoms with van der Waals surface area (Å²) in [6, 6.07) is 4.77. The van der Waals surface area contributed by atoms with Gasteiger partial charge in [-0.05, 0) is 26.0 Å². The van der Waals surface area contributed by atoms with Gasteiger partial charge in [0.25, 0.3) is 0 Å². The average Bonchev–Trinajstić information content (AvgIpc) is 1.83. The van der Waals surface area contributed by atoms with E-state index in [0.717, 1.165) is 0 Å². The lowest BCUT2D eigenvalue weighted by Gasteiger charge is -2.15. The van der Waals surface area contributed by atoms with Crippen molar-refractivity contribution in [1.82, 2.24) is 0 Å². The summed E-state index contributed by atoms with van der Waals surface area (Å²) >= 11 is 11.4. The van der Waals surface area contributed by atoms with Crippen molar-refractivity contribution < 1.29 is 4.39 Å². The lowest BCUT2D eigenvalue weighted by molar-refractivity contribution is 0.221. The normalized spacial score (nSPS) is 11.8. The minimum atomic E-state index is -1.42. The molecular formula is C9H9Cl2F.